The highest BCUT2D eigenvalue weighted by Gasteiger charge is 2.72. The van der Waals surface area contributed by atoms with E-state index in [-0.39, 0.29) is 35.9 Å². The zero-order valence-corrected chi connectivity index (χ0v) is 19.8. The molecule has 32 heavy (non-hydrogen) atoms. The first-order valence-electron chi connectivity index (χ1n) is 11.3. The van der Waals surface area contributed by atoms with Crippen molar-refractivity contribution in [2.24, 2.45) is 5.92 Å². The molecule has 8 heteroatoms. The maximum atomic E-state index is 12.6. The Kier molecular flexibility index (Phi) is 7.81. The SMILES string of the molecule is C=CCC(NCC(=O)OC1CCC2(CO2)C(C2(C)OC2CC=C(C)C)C1OC)C(=O)OC. The summed E-state index contributed by atoms with van der Waals surface area (Å²) in [6.07, 6.45) is 5.78. The molecule has 2 heterocycles. The lowest BCUT2D eigenvalue weighted by molar-refractivity contribution is -0.171. The third-order valence-corrected chi connectivity index (χ3v) is 6.90. The van der Waals surface area contributed by atoms with Crippen molar-refractivity contribution in [3.05, 3.63) is 24.3 Å². The van der Waals surface area contributed by atoms with Crippen LogP contribution in [0.3, 0.4) is 0 Å². The maximum absolute atomic E-state index is 12.6. The van der Waals surface area contributed by atoms with Gasteiger partial charge in [0.2, 0.25) is 0 Å². The van der Waals surface area contributed by atoms with Gasteiger partial charge in [-0.2, -0.15) is 0 Å². The number of nitrogens with one attached hydrogen (secondary N) is 1. The Labute approximate surface area is 190 Å². The van der Waals surface area contributed by atoms with Crippen molar-refractivity contribution in [2.45, 2.75) is 82.0 Å². The smallest absolute Gasteiger partial charge is 0.323 e. The normalized spacial score (nSPS) is 36.2. The van der Waals surface area contributed by atoms with Gasteiger partial charge >= 0.3 is 11.9 Å². The van der Waals surface area contributed by atoms with Crippen molar-refractivity contribution in [1.29, 1.82) is 0 Å². The van der Waals surface area contributed by atoms with E-state index in [4.69, 9.17) is 23.7 Å². The first kappa shape index (κ1) is 24.9. The number of allylic oxidation sites excluding steroid dienone is 1. The molecule has 1 spiro atoms. The maximum Gasteiger partial charge on any atom is 0.323 e. The molecule has 3 aliphatic rings. The van der Waals surface area contributed by atoms with E-state index in [2.05, 4.69) is 38.7 Å². The van der Waals surface area contributed by atoms with Crippen LogP contribution in [-0.4, -0.2) is 74.9 Å². The quantitative estimate of drug-likeness (QED) is 0.290. The van der Waals surface area contributed by atoms with Crippen LogP contribution in [-0.2, 0) is 33.3 Å². The molecule has 7 atom stereocenters. The summed E-state index contributed by atoms with van der Waals surface area (Å²) in [5.41, 5.74) is 0.607. The van der Waals surface area contributed by atoms with Gasteiger partial charge in [-0.3, -0.25) is 14.9 Å². The van der Waals surface area contributed by atoms with E-state index in [1.165, 1.54) is 12.7 Å². The first-order valence-corrected chi connectivity index (χ1v) is 11.3. The predicted octanol–water partition coefficient (Wildman–Crippen LogP) is 2.31. The van der Waals surface area contributed by atoms with Crippen LogP contribution in [0, 0.1) is 5.92 Å². The van der Waals surface area contributed by atoms with Crippen LogP contribution in [0.4, 0.5) is 0 Å². The molecule has 0 aromatic rings. The summed E-state index contributed by atoms with van der Waals surface area (Å²) in [4.78, 5) is 24.4. The van der Waals surface area contributed by atoms with Crippen LogP contribution in [0.5, 0.6) is 0 Å². The van der Waals surface area contributed by atoms with Crippen LogP contribution in [0.2, 0.25) is 0 Å². The number of esters is 2. The molecule has 0 aromatic carbocycles. The Balaban J connectivity index is 1.64. The van der Waals surface area contributed by atoms with Crippen molar-refractivity contribution in [2.75, 3.05) is 27.4 Å². The predicted molar refractivity (Wildman–Crippen MR) is 118 cm³/mol. The van der Waals surface area contributed by atoms with Crippen molar-refractivity contribution >= 4 is 11.9 Å². The number of hydrogen-bond donors (Lipinski definition) is 1. The summed E-state index contributed by atoms with van der Waals surface area (Å²) < 4.78 is 28.6. The molecule has 3 rings (SSSR count). The lowest BCUT2D eigenvalue weighted by Gasteiger charge is -2.42. The largest absolute Gasteiger partial charge is 0.468 e. The van der Waals surface area contributed by atoms with E-state index in [0.717, 1.165) is 12.8 Å². The minimum atomic E-state index is -0.639. The second kappa shape index (κ2) is 10.0. The topological polar surface area (TPSA) is 98.9 Å². The number of ether oxygens (including phenoxy) is 5. The summed E-state index contributed by atoms with van der Waals surface area (Å²) in [7, 11) is 2.96. The van der Waals surface area contributed by atoms with Crippen LogP contribution < -0.4 is 5.32 Å². The van der Waals surface area contributed by atoms with E-state index in [9.17, 15) is 9.59 Å². The highest BCUT2D eigenvalue weighted by Crippen LogP contribution is 2.59. The van der Waals surface area contributed by atoms with E-state index in [0.29, 0.717) is 19.4 Å². The summed E-state index contributed by atoms with van der Waals surface area (Å²) in [5.74, 6) is -0.915. The van der Waals surface area contributed by atoms with E-state index in [1.807, 2.05) is 0 Å². The fraction of sp³-hybridized carbons (Fsp3) is 0.750. The minimum absolute atomic E-state index is 0.0290. The Morgan fingerprint density at radius 3 is 2.59 bits per heavy atom. The average Bonchev–Trinajstić information content (AvgIpc) is 3.67. The zero-order chi connectivity index (χ0) is 23.5. The highest BCUT2D eigenvalue weighted by molar-refractivity contribution is 5.78. The van der Waals surface area contributed by atoms with E-state index >= 15 is 0 Å². The number of carbonyl (C=O) groups excluding carboxylic acids is 2. The molecule has 2 saturated heterocycles. The van der Waals surface area contributed by atoms with Gasteiger partial charge in [0.25, 0.3) is 0 Å². The molecule has 1 aliphatic carbocycles. The second-order valence-electron chi connectivity index (χ2n) is 9.39. The van der Waals surface area contributed by atoms with Gasteiger partial charge in [0.1, 0.15) is 29.5 Å². The standard InChI is InChI=1S/C24H37NO7/c1-7-8-16(22(27)29-6)25-13-19(26)31-17-11-12-24(14-30-24)21(20(17)28-5)23(4)18(32-23)10-9-15(2)3/h7,9,16-18,20-21,25H,1,8,10-14H2,2-6H3. The molecule has 0 bridgehead atoms. The molecule has 2 aliphatic heterocycles. The third-order valence-electron chi connectivity index (χ3n) is 6.90. The third kappa shape index (κ3) is 5.25. The molecular formula is C24H37NO7. The number of methoxy groups -OCH3 is 2. The molecule has 180 valence electrons. The Morgan fingerprint density at radius 1 is 1.31 bits per heavy atom. The molecular weight excluding hydrogens is 414 g/mol. The lowest BCUT2D eigenvalue weighted by Crippen LogP contribution is -2.56. The summed E-state index contributed by atoms with van der Waals surface area (Å²) in [6.45, 7) is 10.5. The van der Waals surface area contributed by atoms with Gasteiger partial charge in [-0.1, -0.05) is 17.7 Å². The van der Waals surface area contributed by atoms with Gasteiger partial charge in [0.05, 0.1) is 32.3 Å². The number of epoxide rings is 2. The monoisotopic (exact) mass is 451 g/mol. The fourth-order valence-corrected chi connectivity index (χ4v) is 5.06. The Hall–Kier alpha value is -1.74. The second-order valence-corrected chi connectivity index (χ2v) is 9.39. The number of rotatable bonds is 11. The Bertz CT molecular complexity index is 743. The van der Waals surface area contributed by atoms with Crippen LogP contribution in [0.25, 0.3) is 0 Å². The van der Waals surface area contributed by atoms with Crippen LogP contribution in [0.1, 0.15) is 46.5 Å². The molecule has 7 unspecified atom stereocenters. The highest BCUT2D eigenvalue weighted by atomic mass is 16.6. The Morgan fingerprint density at radius 2 is 2.03 bits per heavy atom. The van der Waals surface area contributed by atoms with Crippen molar-refractivity contribution < 1.29 is 33.3 Å². The van der Waals surface area contributed by atoms with Gasteiger partial charge < -0.3 is 23.7 Å². The average molecular weight is 452 g/mol. The van der Waals surface area contributed by atoms with Crippen LogP contribution >= 0.6 is 0 Å². The van der Waals surface area contributed by atoms with Crippen molar-refractivity contribution in [3.8, 4) is 0 Å². The van der Waals surface area contributed by atoms with Gasteiger partial charge in [-0.05, 0) is 46.5 Å². The molecule has 1 N–H and O–H groups in total. The van der Waals surface area contributed by atoms with Crippen LogP contribution in [0.15, 0.2) is 24.3 Å². The van der Waals surface area contributed by atoms with E-state index in [1.54, 1.807) is 13.2 Å². The summed E-state index contributed by atoms with van der Waals surface area (Å²) >= 11 is 0. The molecule has 0 radical (unpaired) electrons. The van der Waals surface area contributed by atoms with Crippen molar-refractivity contribution in [3.63, 3.8) is 0 Å². The molecule has 3 fully saturated rings. The van der Waals surface area contributed by atoms with Crippen molar-refractivity contribution in [1.82, 2.24) is 5.32 Å². The lowest BCUT2D eigenvalue weighted by atomic mass is 9.68. The van der Waals surface area contributed by atoms with Gasteiger partial charge in [-0.25, -0.2) is 0 Å². The zero-order valence-electron chi connectivity index (χ0n) is 19.8. The number of carbonyl (C=O) groups is 2. The molecule has 0 aromatic heterocycles. The molecule has 8 nitrogen and oxygen atoms in total. The summed E-state index contributed by atoms with van der Waals surface area (Å²) in [6, 6.07) is -0.639. The number of hydrogen-bond acceptors (Lipinski definition) is 8. The van der Waals surface area contributed by atoms with Gasteiger partial charge in [0.15, 0.2) is 0 Å². The molecule has 1 saturated carbocycles. The van der Waals surface area contributed by atoms with Gasteiger partial charge in [0, 0.05) is 7.11 Å². The van der Waals surface area contributed by atoms with E-state index < -0.39 is 24.1 Å². The minimum Gasteiger partial charge on any atom is -0.468 e. The summed E-state index contributed by atoms with van der Waals surface area (Å²) in [5, 5.41) is 2.89. The van der Waals surface area contributed by atoms with Gasteiger partial charge in [-0.15, -0.1) is 6.58 Å². The first-order chi connectivity index (χ1) is 15.2. The fourth-order valence-electron chi connectivity index (χ4n) is 5.06. The molecule has 0 amide bonds.